The minimum atomic E-state index is -0.765. The van der Waals surface area contributed by atoms with E-state index in [-0.39, 0.29) is 11.2 Å². The van der Waals surface area contributed by atoms with Crippen molar-refractivity contribution in [3.63, 3.8) is 0 Å². The number of thiocarbonyl (C=S) groups is 1. The lowest BCUT2D eigenvalue weighted by atomic mass is 10.1. The molecule has 0 saturated carbocycles. The molecule has 8 heteroatoms. The smallest absolute Gasteiger partial charge is 0.322 e. The molecule has 4 rings (SSSR count). The number of cyclic esters (lactones) is 1. The van der Waals surface area contributed by atoms with Gasteiger partial charge in [-0.15, -0.1) is 0 Å². The monoisotopic (exact) mass is 511 g/mol. The maximum atomic E-state index is 13.2. The predicted octanol–water partition coefficient (Wildman–Crippen LogP) is 6.41. The lowest BCUT2D eigenvalue weighted by Gasteiger charge is -2.24. The van der Waals surface area contributed by atoms with Crippen LogP contribution in [0, 0.1) is 0 Å². The summed E-state index contributed by atoms with van der Waals surface area (Å²) in [6.07, 6.45) is 0. The number of ether oxygens (including phenoxy) is 3. The van der Waals surface area contributed by atoms with Gasteiger partial charge in [0.1, 0.15) is 21.1 Å². The van der Waals surface area contributed by atoms with Crippen LogP contribution >= 0.6 is 35.7 Å². The van der Waals surface area contributed by atoms with Crippen LogP contribution in [0.15, 0.2) is 78.9 Å². The fourth-order valence-corrected chi connectivity index (χ4v) is 6.66. The van der Waals surface area contributed by atoms with Crippen LogP contribution < -0.4 is 14.8 Å². The van der Waals surface area contributed by atoms with Gasteiger partial charge >= 0.3 is 5.97 Å². The second-order valence-electron chi connectivity index (χ2n) is 7.72. The molecule has 3 aromatic rings. The summed E-state index contributed by atoms with van der Waals surface area (Å²) in [7, 11) is 3.26. The van der Waals surface area contributed by atoms with Crippen LogP contribution in [-0.4, -0.2) is 29.8 Å². The zero-order valence-corrected chi connectivity index (χ0v) is 21.5. The molecule has 0 amide bonds. The zero-order chi connectivity index (χ0) is 24.1. The highest BCUT2D eigenvalue weighted by molar-refractivity contribution is 8.24. The molecule has 0 bridgehead atoms. The molecule has 5 nitrogen and oxygen atoms in total. The SMILES string of the molecule is COc1ccc(NC(=S)S[C@H](c2ccc(OC)cc2)[C@@H]2SC(C)(c3ccccc3)OC2=O)cc1. The van der Waals surface area contributed by atoms with Gasteiger partial charge in [-0.2, -0.15) is 0 Å². The molecule has 1 heterocycles. The number of hydrogen-bond donors (Lipinski definition) is 1. The Hall–Kier alpha value is -2.68. The van der Waals surface area contributed by atoms with Crippen LogP contribution in [0.2, 0.25) is 0 Å². The molecule has 1 aliphatic heterocycles. The molecule has 0 aromatic heterocycles. The first-order chi connectivity index (χ1) is 16.4. The summed E-state index contributed by atoms with van der Waals surface area (Å²) >= 11 is 8.63. The number of hydrogen-bond acceptors (Lipinski definition) is 7. The van der Waals surface area contributed by atoms with Gasteiger partial charge in [0.15, 0.2) is 4.93 Å². The number of carbonyl (C=O) groups is 1. The summed E-state index contributed by atoms with van der Waals surface area (Å²) in [5, 5.41) is 2.56. The molecule has 0 spiro atoms. The number of nitrogens with one attached hydrogen (secondary N) is 1. The number of carbonyl (C=O) groups excluding carboxylic acids is 1. The minimum Gasteiger partial charge on any atom is -0.497 e. The number of esters is 1. The number of rotatable bonds is 7. The van der Waals surface area contributed by atoms with Crippen molar-refractivity contribution in [2.75, 3.05) is 19.5 Å². The third-order valence-electron chi connectivity index (χ3n) is 5.47. The van der Waals surface area contributed by atoms with E-state index in [4.69, 9.17) is 26.4 Å². The van der Waals surface area contributed by atoms with Crippen molar-refractivity contribution in [2.24, 2.45) is 0 Å². The third kappa shape index (κ3) is 5.51. The molecular weight excluding hydrogens is 486 g/mol. The van der Waals surface area contributed by atoms with Crippen molar-refractivity contribution >= 4 is 51.7 Å². The number of benzene rings is 3. The number of anilines is 1. The Kier molecular flexibility index (Phi) is 7.70. The van der Waals surface area contributed by atoms with Crippen molar-refractivity contribution in [3.05, 3.63) is 90.0 Å². The molecule has 0 aliphatic carbocycles. The van der Waals surface area contributed by atoms with E-state index < -0.39 is 10.2 Å². The lowest BCUT2D eigenvalue weighted by Crippen LogP contribution is -2.22. The molecule has 1 fully saturated rings. The van der Waals surface area contributed by atoms with E-state index in [2.05, 4.69) is 5.32 Å². The highest BCUT2D eigenvalue weighted by Gasteiger charge is 2.49. The fraction of sp³-hybridized carbons (Fsp3) is 0.231. The normalized spacial score (nSPS) is 20.3. The first kappa shape index (κ1) is 24.4. The average molecular weight is 512 g/mol. The molecule has 1 unspecified atom stereocenters. The Bertz CT molecular complexity index is 1140. The summed E-state index contributed by atoms with van der Waals surface area (Å²) in [6, 6.07) is 25.1. The molecule has 1 saturated heterocycles. The van der Waals surface area contributed by atoms with Crippen LogP contribution in [-0.2, 0) is 14.5 Å². The minimum absolute atomic E-state index is 0.253. The van der Waals surface area contributed by atoms with Crippen LogP contribution in [0.5, 0.6) is 11.5 Å². The molecule has 3 atom stereocenters. The quantitative estimate of drug-likeness (QED) is 0.289. The van der Waals surface area contributed by atoms with E-state index in [1.165, 1.54) is 23.5 Å². The van der Waals surface area contributed by atoms with E-state index in [9.17, 15) is 4.79 Å². The van der Waals surface area contributed by atoms with Gasteiger partial charge < -0.3 is 19.5 Å². The topological polar surface area (TPSA) is 56.8 Å². The second kappa shape index (κ2) is 10.7. The van der Waals surface area contributed by atoms with Crippen molar-refractivity contribution in [1.29, 1.82) is 0 Å². The van der Waals surface area contributed by atoms with Gasteiger partial charge in [-0.05, 0) is 48.9 Å². The van der Waals surface area contributed by atoms with Crippen LogP contribution in [0.25, 0.3) is 0 Å². The van der Waals surface area contributed by atoms with E-state index in [0.29, 0.717) is 4.32 Å². The summed E-state index contributed by atoms with van der Waals surface area (Å²) in [5.41, 5.74) is 2.77. The average Bonchev–Trinajstić information content (AvgIpc) is 3.18. The van der Waals surface area contributed by atoms with Gasteiger partial charge in [-0.3, -0.25) is 4.79 Å². The third-order valence-corrected chi connectivity index (χ3v) is 8.63. The summed E-state index contributed by atoms with van der Waals surface area (Å²) in [4.78, 5) is 12.4. The highest BCUT2D eigenvalue weighted by Crippen LogP contribution is 2.53. The van der Waals surface area contributed by atoms with Gasteiger partial charge in [0.25, 0.3) is 0 Å². The maximum absolute atomic E-state index is 13.2. The standard InChI is InChI=1S/C26H25NO4S3/c1-26(18-7-5-4-6-8-18)31-24(28)23(34-26)22(17-9-13-20(29-2)14-10-17)33-25(32)27-19-11-15-21(30-3)16-12-19/h4-16,22-23H,1-3H3,(H,27,32)/t22-,23+,26?/m1/s1. The van der Waals surface area contributed by atoms with E-state index in [1.54, 1.807) is 14.2 Å². The van der Waals surface area contributed by atoms with Crippen LogP contribution in [0.3, 0.4) is 0 Å². The molecule has 176 valence electrons. The van der Waals surface area contributed by atoms with Crippen LogP contribution in [0.4, 0.5) is 5.69 Å². The summed E-state index contributed by atoms with van der Waals surface area (Å²) in [6.45, 7) is 1.94. The fourth-order valence-electron chi connectivity index (χ4n) is 3.65. The van der Waals surface area contributed by atoms with E-state index in [0.717, 1.165) is 28.3 Å². The predicted molar refractivity (Wildman–Crippen MR) is 144 cm³/mol. The van der Waals surface area contributed by atoms with Crippen molar-refractivity contribution in [1.82, 2.24) is 0 Å². The first-order valence-corrected chi connectivity index (χ1v) is 12.8. The summed E-state index contributed by atoms with van der Waals surface area (Å²) < 4.78 is 17.0. The molecule has 0 radical (unpaired) electrons. The Labute approximate surface area is 213 Å². The van der Waals surface area contributed by atoms with Crippen LogP contribution in [0.1, 0.15) is 23.3 Å². The van der Waals surface area contributed by atoms with E-state index in [1.807, 2.05) is 85.8 Å². The number of thioether (sulfide) groups is 2. The first-order valence-electron chi connectivity index (χ1n) is 10.6. The highest BCUT2D eigenvalue weighted by atomic mass is 32.2. The zero-order valence-electron chi connectivity index (χ0n) is 19.0. The van der Waals surface area contributed by atoms with Gasteiger partial charge in [0, 0.05) is 11.3 Å². The molecule has 1 N–H and O–H groups in total. The number of methoxy groups -OCH3 is 2. The summed E-state index contributed by atoms with van der Waals surface area (Å²) in [5.74, 6) is 1.27. The lowest BCUT2D eigenvalue weighted by molar-refractivity contribution is -0.147. The van der Waals surface area contributed by atoms with Crippen molar-refractivity contribution in [2.45, 2.75) is 22.4 Å². The molecule has 3 aromatic carbocycles. The van der Waals surface area contributed by atoms with Crippen molar-refractivity contribution < 1.29 is 19.0 Å². The van der Waals surface area contributed by atoms with Gasteiger partial charge in [-0.1, -0.05) is 78.2 Å². The maximum Gasteiger partial charge on any atom is 0.322 e. The molecule has 34 heavy (non-hydrogen) atoms. The van der Waals surface area contributed by atoms with Gasteiger partial charge in [0.05, 0.1) is 19.5 Å². The molecular formula is C26H25NO4S3. The van der Waals surface area contributed by atoms with Crippen molar-refractivity contribution in [3.8, 4) is 11.5 Å². The van der Waals surface area contributed by atoms with E-state index >= 15 is 0 Å². The van der Waals surface area contributed by atoms with Gasteiger partial charge in [0.2, 0.25) is 0 Å². The Balaban J connectivity index is 1.58. The second-order valence-corrected chi connectivity index (χ2v) is 11.1. The Morgan fingerprint density at radius 1 is 1.00 bits per heavy atom. The largest absolute Gasteiger partial charge is 0.497 e. The Morgan fingerprint density at radius 2 is 1.59 bits per heavy atom. The van der Waals surface area contributed by atoms with Gasteiger partial charge in [-0.25, -0.2) is 0 Å². The molecule has 1 aliphatic rings. The Morgan fingerprint density at radius 3 is 2.18 bits per heavy atom.